The Labute approximate surface area is 73.0 Å². The molecule has 5 heteroatoms. The van der Waals surface area contributed by atoms with E-state index >= 15 is 0 Å². The third kappa shape index (κ3) is 2.09. The number of hydrogen-bond donors (Lipinski definition) is 0. The van der Waals surface area contributed by atoms with E-state index in [1.54, 1.807) is 0 Å². The lowest BCUT2D eigenvalue weighted by Crippen LogP contribution is -2.23. The van der Waals surface area contributed by atoms with E-state index in [9.17, 15) is 13.2 Å². The Hall–Kier alpha value is -0.320. The average Bonchev–Trinajstić information content (AvgIpc) is 1.83. The molecule has 0 saturated carbocycles. The molecule has 0 aliphatic carbocycles. The van der Waals surface area contributed by atoms with Crippen LogP contribution in [0, 0.1) is 0 Å². The number of halogens is 3. The van der Waals surface area contributed by atoms with Crippen LogP contribution in [0.2, 0.25) is 0 Å². The molecule has 0 N–H and O–H groups in total. The maximum absolute atomic E-state index is 12.1. The fourth-order valence-electron chi connectivity index (χ4n) is 0.973. The standard InChI is InChI=1S/C7H9F3OS/c1-4-3-11-6(5(2)12-4)7(8,9)10/h4H,3H2,1-2H3. The largest absolute Gasteiger partial charge is 0.487 e. The number of thioether (sulfide) groups is 1. The number of alkyl halides is 3. The minimum absolute atomic E-state index is 0.107. The Balaban J connectivity index is 2.83. The number of allylic oxidation sites excluding steroid dienone is 2. The van der Waals surface area contributed by atoms with Gasteiger partial charge in [0, 0.05) is 10.2 Å². The van der Waals surface area contributed by atoms with E-state index in [1.165, 1.54) is 18.7 Å². The number of ether oxygens (including phenoxy) is 1. The molecule has 0 fully saturated rings. The molecule has 12 heavy (non-hydrogen) atoms. The molecule has 1 aliphatic heterocycles. The van der Waals surface area contributed by atoms with Crippen LogP contribution >= 0.6 is 11.8 Å². The fourth-order valence-corrected chi connectivity index (χ4v) is 1.99. The maximum Gasteiger partial charge on any atom is 0.449 e. The molecule has 0 saturated heterocycles. The Morgan fingerprint density at radius 1 is 1.50 bits per heavy atom. The number of hydrogen-bond acceptors (Lipinski definition) is 2. The smallest absolute Gasteiger partial charge is 0.449 e. The van der Waals surface area contributed by atoms with Gasteiger partial charge in [0.1, 0.15) is 6.61 Å². The first-order valence-electron chi connectivity index (χ1n) is 3.49. The molecule has 70 valence electrons. The SMILES string of the molecule is CC1=C(C(F)(F)F)OCC(C)S1. The minimum atomic E-state index is -4.34. The fraction of sp³-hybridized carbons (Fsp3) is 0.714. The topological polar surface area (TPSA) is 9.23 Å². The second-order valence-corrected chi connectivity index (χ2v) is 4.28. The van der Waals surface area contributed by atoms with Crippen LogP contribution < -0.4 is 0 Å². The van der Waals surface area contributed by atoms with Gasteiger partial charge in [-0.3, -0.25) is 0 Å². The normalized spacial score (nSPS) is 25.6. The monoisotopic (exact) mass is 198 g/mol. The summed E-state index contributed by atoms with van der Waals surface area (Å²) in [5.41, 5.74) is 0. The van der Waals surface area contributed by atoms with Gasteiger partial charge in [-0.2, -0.15) is 13.2 Å². The zero-order valence-electron chi connectivity index (χ0n) is 6.73. The van der Waals surface area contributed by atoms with E-state index < -0.39 is 11.9 Å². The van der Waals surface area contributed by atoms with E-state index in [-0.39, 0.29) is 16.8 Å². The van der Waals surface area contributed by atoms with Gasteiger partial charge < -0.3 is 4.74 Å². The molecule has 1 aliphatic rings. The first kappa shape index (κ1) is 9.77. The highest BCUT2D eigenvalue weighted by molar-refractivity contribution is 8.03. The van der Waals surface area contributed by atoms with Gasteiger partial charge in [0.25, 0.3) is 0 Å². The number of rotatable bonds is 0. The molecular weight excluding hydrogens is 189 g/mol. The summed E-state index contributed by atoms with van der Waals surface area (Å²) in [6.45, 7) is 3.40. The Morgan fingerprint density at radius 3 is 2.50 bits per heavy atom. The first-order chi connectivity index (χ1) is 5.41. The molecule has 0 bridgehead atoms. The van der Waals surface area contributed by atoms with Crippen molar-refractivity contribution in [2.45, 2.75) is 25.3 Å². The second kappa shape index (κ2) is 3.20. The molecule has 0 aromatic carbocycles. The van der Waals surface area contributed by atoms with E-state index in [1.807, 2.05) is 6.92 Å². The molecule has 0 spiro atoms. The lowest BCUT2D eigenvalue weighted by atomic mass is 10.4. The van der Waals surface area contributed by atoms with Crippen LogP contribution in [-0.2, 0) is 4.74 Å². The van der Waals surface area contributed by atoms with Crippen LogP contribution in [0.25, 0.3) is 0 Å². The third-order valence-corrected chi connectivity index (χ3v) is 2.49. The van der Waals surface area contributed by atoms with E-state index in [0.29, 0.717) is 0 Å². The minimum Gasteiger partial charge on any atom is -0.487 e. The molecule has 1 heterocycles. The molecule has 0 aromatic heterocycles. The highest BCUT2D eigenvalue weighted by Gasteiger charge is 2.40. The van der Waals surface area contributed by atoms with Crippen LogP contribution in [0.3, 0.4) is 0 Å². The highest BCUT2D eigenvalue weighted by Crippen LogP contribution is 2.38. The zero-order chi connectivity index (χ0) is 9.35. The average molecular weight is 198 g/mol. The predicted octanol–water partition coefficient (Wildman–Crippen LogP) is 2.93. The van der Waals surface area contributed by atoms with E-state index in [4.69, 9.17) is 0 Å². The summed E-state index contributed by atoms with van der Waals surface area (Å²) >= 11 is 1.21. The van der Waals surface area contributed by atoms with E-state index in [0.717, 1.165) is 0 Å². The van der Waals surface area contributed by atoms with Crippen LogP contribution in [0.4, 0.5) is 13.2 Å². The van der Waals surface area contributed by atoms with Crippen molar-refractivity contribution >= 4 is 11.8 Å². The van der Waals surface area contributed by atoms with Gasteiger partial charge in [-0.1, -0.05) is 0 Å². The quantitative estimate of drug-likeness (QED) is 0.591. The van der Waals surface area contributed by atoms with Gasteiger partial charge in [-0.25, -0.2) is 0 Å². The van der Waals surface area contributed by atoms with Gasteiger partial charge in [-0.15, -0.1) is 11.8 Å². The summed E-state index contributed by atoms with van der Waals surface area (Å²) in [6.07, 6.45) is -4.34. The molecule has 0 amide bonds. The molecule has 1 rings (SSSR count). The molecule has 1 nitrogen and oxygen atoms in total. The van der Waals surface area contributed by atoms with Gasteiger partial charge in [0.05, 0.1) is 0 Å². The lowest BCUT2D eigenvalue weighted by molar-refractivity contribution is -0.131. The summed E-state index contributed by atoms with van der Waals surface area (Å²) in [7, 11) is 0. The van der Waals surface area contributed by atoms with Gasteiger partial charge in [0.2, 0.25) is 5.76 Å². The van der Waals surface area contributed by atoms with Crippen molar-refractivity contribution in [2.24, 2.45) is 0 Å². The maximum atomic E-state index is 12.1. The highest BCUT2D eigenvalue weighted by atomic mass is 32.2. The predicted molar refractivity (Wildman–Crippen MR) is 41.8 cm³/mol. The lowest BCUT2D eigenvalue weighted by Gasteiger charge is -2.24. The Morgan fingerprint density at radius 2 is 2.08 bits per heavy atom. The molecule has 1 unspecified atom stereocenters. The van der Waals surface area contributed by atoms with Crippen molar-refractivity contribution in [3.63, 3.8) is 0 Å². The summed E-state index contributed by atoms with van der Waals surface area (Å²) in [4.78, 5) is 0.223. The van der Waals surface area contributed by atoms with Crippen molar-refractivity contribution in [3.05, 3.63) is 10.7 Å². The summed E-state index contributed by atoms with van der Waals surface area (Å²) in [5, 5.41) is 0.107. The van der Waals surface area contributed by atoms with Crippen LogP contribution in [-0.4, -0.2) is 18.0 Å². The van der Waals surface area contributed by atoms with Crippen LogP contribution in [0.5, 0.6) is 0 Å². The Kier molecular flexibility index (Phi) is 2.61. The van der Waals surface area contributed by atoms with Gasteiger partial charge >= 0.3 is 6.18 Å². The second-order valence-electron chi connectivity index (χ2n) is 2.62. The zero-order valence-corrected chi connectivity index (χ0v) is 7.55. The molecule has 0 aromatic rings. The van der Waals surface area contributed by atoms with Crippen molar-refractivity contribution in [1.82, 2.24) is 0 Å². The van der Waals surface area contributed by atoms with Gasteiger partial charge in [0.15, 0.2) is 0 Å². The molecule has 1 atom stereocenters. The molecular formula is C7H9F3OS. The summed E-state index contributed by atoms with van der Waals surface area (Å²) in [6, 6.07) is 0. The summed E-state index contributed by atoms with van der Waals surface area (Å²) < 4.78 is 41.0. The van der Waals surface area contributed by atoms with E-state index in [2.05, 4.69) is 4.74 Å². The van der Waals surface area contributed by atoms with Crippen LogP contribution in [0.15, 0.2) is 10.7 Å². The van der Waals surface area contributed by atoms with Crippen LogP contribution in [0.1, 0.15) is 13.8 Å². The van der Waals surface area contributed by atoms with Crippen molar-refractivity contribution in [2.75, 3.05) is 6.61 Å². The van der Waals surface area contributed by atoms with Crippen molar-refractivity contribution < 1.29 is 17.9 Å². The van der Waals surface area contributed by atoms with Crippen molar-refractivity contribution in [3.8, 4) is 0 Å². The van der Waals surface area contributed by atoms with Crippen molar-refractivity contribution in [1.29, 1.82) is 0 Å². The third-order valence-electron chi connectivity index (χ3n) is 1.42. The first-order valence-corrected chi connectivity index (χ1v) is 4.36. The Bertz CT molecular complexity index is 209. The van der Waals surface area contributed by atoms with Gasteiger partial charge in [-0.05, 0) is 13.8 Å². The summed E-state index contributed by atoms with van der Waals surface area (Å²) in [5.74, 6) is -0.828. The molecule has 0 radical (unpaired) electrons.